The molecule has 0 aromatic carbocycles. The smallest absolute Gasteiger partial charge is 0.277 e. The van der Waals surface area contributed by atoms with Gasteiger partial charge in [-0.25, -0.2) is 0 Å². The molecule has 0 spiro atoms. The van der Waals surface area contributed by atoms with Crippen LogP contribution in [0.3, 0.4) is 0 Å². The van der Waals surface area contributed by atoms with Crippen molar-refractivity contribution in [3.05, 3.63) is 28.1 Å². The van der Waals surface area contributed by atoms with Gasteiger partial charge < -0.3 is 9.64 Å². The fourth-order valence-corrected chi connectivity index (χ4v) is 5.14. The number of carbonyl (C=O) groups excluding carboxylic acids is 2. The summed E-state index contributed by atoms with van der Waals surface area (Å²) in [6, 6.07) is 3.90. The average molecular weight is 404 g/mol. The number of ether oxygens (including phenoxy) is 1. The van der Waals surface area contributed by atoms with E-state index in [1.54, 1.807) is 0 Å². The van der Waals surface area contributed by atoms with Crippen LogP contribution in [0, 0.1) is 5.92 Å². The normalized spacial score (nSPS) is 24.5. The predicted octanol–water partition coefficient (Wildman–Crippen LogP) is 2.28. The Balaban J connectivity index is 1.50. The van der Waals surface area contributed by atoms with Crippen molar-refractivity contribution in [3.8, 4) is 0 Å². The molecule has 0 radical (unpaired) electrons. The highest BCUT2D eigenvalue weighted by atomic mass is 32.1. The topological polar surface area (TPSA) is 53.1 Å². The first-order valence-corrected chi connectivity index (χ1v) is 11.2. The third-order valence-electron chi connectivity index (χ3n) is 5.84. The first-order chi connectivity index (χ1) is 13.6. The molecule has 0 aliphatic carbocycles. The summed E-state index contributed by atoms with van der Waals surface area (Å²) in [6.45, 7) is 8.70. The van der Waals surface area contributed by atoms with Crippen molar-refractivity contribution in [1.29, 1.82) is 0 Å². The molecule has 4 rings (SSSR count). The van der Waals surface area contributed by atoms with E-state index in [9.17, 15) is 9.59 Å². The number of hydrogen-bond acceptors (Lipinski definition) is 6. The van der Waals surface area contributed by atoms with Gasteiger partial charge in [-0.15, -0.1) is 11.3 Å². The van der Waals surface area contributed by atoms with E-state index in [1.807, 2.05) is 17.5 Å². The lowest BCUT2D eigenvalue weighted by Gasteiger charge is -2.33. The van der Waals surface area contributed by atoms with Gasteiger partial charge in [-0.05, 0) is 36.6 Å². The molecule has 1 unspecified atom stereocenters. The Hall–Kier alpha value is -1.70. The number of nitrogens with zero attached hydrogens (tertiary/aromatic N) is 3. The summed E-state index contributed by atoms with van der Waals surface area (Å²) in [6.07, 6.45) is 3.06. The van der Waals surface area contributed by atoms with E-state index in [1.165, 1.54) is 22.7 Å². The summed E-state index contributed by atoms with van der Waals surface area (Å²) in [7, 11) is 0. The molecule has 1 aromatic heterocycles. The highest BCUT2D eigenvalue weighted by Crippen LogP contribution is 2.35. The second-order valence-corrected chi connectivity index (χ2v) is 8.91. The van der Waals surface area contributed by atoms with Crippen LogP contribution in [-0.4, -0.2) is 79.0 Å². The summed E-state index contributed by atoms with van der Waals surface area (Å²) < 4.78 is 5.39. The van der Waals surface area contributed by atoms with Gasteiger partial charge in [0.2, 0.25) is 0 Å². The summed E-state index contributed by atoms with van der Waals surface area (Å²) >= 11 is 1.54. The van der Waals surface area contributed by atoms with Crippen molar-refractivity contribution in [1.82, 2.24) is 14.7 Å². The third-order valence-corrected chi connectivity index (χ3v) is 6.73. The zero-order chi connectivity index (χ0) is 19.5. The molecule has 0 saturated carbocycles. The maximum absolute atomic E-state index is 13.3. The van der Waals surface area contributed by atoms with Crippen molar-refractivity contribution >= 4 is 28.7 Å². The van der Waals surface area contributed by atoms with Gasteiger partial charge in [-0.2, -0.15) is 0 Å². The lowest BCUT2D eigenvalue weighted by molar-refractivity contribution is -0.137. The van der Waals surface area contributed by atoms with E-state index in [0.717, 1.165) is 63.7 Å². The van der Waals surface area contributed by atoms with Crippen LogP contribution in [0.1, 0.15) is 31.1 Å². The third kappa shape index (κ3) is 4.02. The molecule has 2 amide bonds. The number of piperidine rings is 1. The zero-order valence-corrected chi connectivity index (χ0v) is 17.4. The van der Waals surface area contributed by atoms with Gasteiger partial charge >= 0.3 is 0 Å². The van der Waals surface area contributed by atoms with Crippen LogP contribution in [0.15, 0.2) is 23.2 Å². The number of imide groups is 1. The Morgan fingerprint density at radius 3 is 2.68 bits per heavy atom. The van der Waals surface area contributed by atoms with Crippen molar-refractivity contribution in [2.45, 2.75) is 26.2 Å². The molecule has 2 fully saturated rings. The number of likely N-dealkylation sites (tertiary alicyclic amines) is 1. The molecule has 28 heavy (non-hydrogen) atoms. The number of hydrogen-bond donors (Lipinski definition) is 0. The minimum Gasteiger partial charge on any atom is -0.379 e. The molecule has 1 atom stereocenters. The molecule has 7 heteroatoms. The van der Waals surface area contributed by atoms with E-state index < -0.39 is 0 Å². The predicted molar refractivity (Wildman–Crippen MR) is 110 cm³/mol. The standard InChI is InChI=1S/C21H29N3O3S/c1-16-5-2-8-23(15-16)19-18(17-6-3-14-28-17)20(25)24(21(19)26)9-4-7-22-10-12-27-13-11-22/h3,6,14,16H,2,4-5,7-13,15H2,1H3. The van der Waals surface area contributed by atoms with Gasteiger partial charge in [0.15, 0.2) is 0 Å². The molecule has 2 saturated heterocycles. The SMILES string of the molecule is CC1CCCN(C2=C(c3cccs3)C(=O)N(CCCN3CCOCC3)C2=O)C1. The highest BCUT2D eigenvalue weighted by molar-refractivity contribution is 7.11. The van der Waals surface area contributed by atoms with Gasteiger partial charge in [0.1, 0.15) is 5.70 Å². The molecule has 3 aliphatic heterocycles. The van der Waals surface area contributed by atoms with Crippen LogP contribution >= 0.6 is 11.3 Å². The van der Waals surface area contributed by atoms with Crippen LogP contribution < -0.4 is 0 Å². The molecule has 1 aromatic rings. The lowest BCUT2D eigenvalue weighted by Crippen LogP contribution is -2.41. The molecule has 152 valence electrons. The average Bonchev–Trinajstić information content (AvgIpc) is 3.30. The quantitative estimate of drug-likeness (QED) is 0.682. The summed E-state index contributed by atoms with van der Waals surface area (Å²) in [5.74, 6) is 0.316. The van der Waals surface area contributed by atoms with Crippen molar-refractivity contribution in [2.75, 3.05) is 52.5 Å². The maximum atomic E-state index is 13.3. The number of thiophene rings is 1. The Morgan fingerprint density at radius 1 is 1.14 bits per heavy atom. The van der Waals surface area contributed by atoms with Gasteiger partial charge in [0.05, 0.1) is 18.8 Å². The Morgan fingerprint density at radius 2 is 1.96 bits per heavy atom. The largest absolute Gasteiger partial charge is 0.379 e. The van der Waals surface area contributed by atoms with Gasteiger partial charge in [-0.3, -0.25) is 19.4 Å². The van der Waals surface area contributed by atoms with E-state index in [-0.39, 0.29) is 11.8 Å². The highest BCUT2D eigenvalue weighted by Gasteiger charge is 2.42. The second kappa shape index (κ2) is 8.76. The molecular formula is C21H29N3O3S. The summed E-state index contributed by atoms with van der Waals surface area (Å²) in [5, 5.41) is 1.97. The van der Waals surface area contributed by atoms with Gasteiger partial charge in [0, 0.05) is 44.1 Å². The number of rotatable bonds is 6. The van der Waals surface area contributed by atoms with E-state index in [2.05, 4.69) is 16.7 Å². The second-order valence-electron chi connectivity index (χ2n) is 7.96. The van der Waals surface area contributed by atoms with Crippen LogP contribution in [0.4, 0.5) is 0 Å². The zero-order valence-electron chi connectivity index (χ0n) is 16.6. The van der Waals surface area contributed by atoms with Gasteiger partial charge in [0.25, 0.3) is 11.8 Å². The summed E-state index contributed by atoms with van der Waals surface area (Å²) in [5.41, 5.74) is 1.24. The first kappa shape index (κ1) is 19.6. The van der Waals surface area contributed by atoms with E-state index in [4.69, 9.17) is 4.74 Å². The Labute approximate surface area is 170 Å². The number of morpholine rings is 1. The van der Waals surface area contributed by atoms with E-state index in [0.29, 0.717) is 23.7 Å². The van der Waals surface area contributed by atoms with Crippen molar-refractivity contribution in [2.24, 2.45) is 5.92 Å². The fraction of sp³-hybridized carbons (Fsp3) is 0.619. The van der Waals surface area contributed by atoms with Crippen LogP contribution in [-0.2, 0) is 14.3 Å². The van der Waals surface area contributed by atoms with E-state index >= 15 is 0 Å². The monoisotopic (exact) mass is 403 g/mol. The molecule has 3 aliphatic rings. The molecular weight excluding hydrogens is 374 g/mol. The van der Waals surface area contributed by atoms with Crippen LogP contribution in [0.5, 0.6) is 0 Å². The first-order valence-electron chi connectivity index (χ1n) is 10.3. The van der Waals surface area contributed by atoms with Crippen LogP contribution in [0.25, 0.3) is 5.57 Å². The lowest BCUT2D eigenvalue weighted by atomic mass is 9.99. The molecule has 4 heterocycles. The Kier molecular flexibility index (Phi) is 6.13. The summed E-state index contributed by atoms with van der Waals surface area (Å²) in [4.78, 5) is 33.4. The Bertz CT molecular complexity index is 740. The van der Waals surface area contributed by atoms with Crippen LogP contribution in [0.2, 0.25) is 0 Å². The number of carbonyl (C=O) groups is 2. The fourth-order valence-electron chi connectivity index (χ4n) is 4.37. The molecule has 0 N–H and O–H groups in total. The molecule has 6 nitrogen and oxygen atoms in total. The van der Waals surface area contributed by atoms with Crippen molar-refractivity contribution in [3.63, 3.8) is 0 Å². The molecule has 0 bridgehead atoms. The number of amides is 2. The minimum absolute atomic E-state index is 0.107. The minimum atomic E-state index is -0.123. The maximum Gasteiger partial charge on any atom is 0.277 e. The van der Waals surface area contributed by atoms with Gasteiger partial charge in [-0.1, -0.05) is 13.0 Å². The van der Waals surface area contributed by atoms with Crippen molar-refractivity contribution < 1.29 is 14.3 Å².